The lowest BCUT2D eigenvalue weighted by Crippen LogP contribution is -2.53. The molecular formula is C11H15N3O4. The van der Waals surface area contributed by atoms with Gasteiger partial charge in [0.2, 0.25) is 0 Å². The van der Waals surface area contributed by atoms with E-state index in [-0.39, 0.29) is 22.9 Å². The molecule has 18 heavy (non-hydrogen) atoms. The molecule has 0 bridgehead atoms. The lowest BCUT2D eigenvalue weighted by Gasteiger charge is -2.24. The molecule has 7 heteroatoms. The number of carbonyl (C=O) groups excluding carboxylic acids is 1. The summed E-state index contributed by atoms with van der Waals surface area (Å²) in [5.74, 6) is -1.27. The highest BCUT2D eigenvalue weighted by Crippen LogP contribution is 2.22. The fraction of sp³-hybridized carbons (Fsp3) is 0.273. The summed E-state index contributed by atoms with van der Waals surface area (Å²) in [6.07, 6.45) is 0. The van der Waals surface area contributed by atoms with Crippen LogP contribution in [0.4, 0.5) is 0 Å². The Morgan fingerprint density at radius 3 is 2.56 bits per heavy atom. The first-order valence-electron chi connectivity index (χ1n) is 5.10. The Hall–Kier alpha value is -2.44. The minimum atomic E-state index is -1.09. The van der Waals surface area contributed by atoms with E-state index in [2.05, 4.69) is 10.5 Å². The Kier molecular flexibility index (Phi) is 3.65. The van der Waals surface area contributed by atoms with Crippen LogP contribution in [0.25, 0.3) is 0 Å². The summed E-state index contributed by atoms with van der Waals surface area (Å²) in [6.45, 7) is 3.06. The van der Waals surface area contributed by atoms with Gasteiger partial charge in [0, 0.05) is 0 Å². The van der Waals surface area contributed by atoms with Crippen LogP contribution < -0.4 is 11.1 Å². The van der Waals surface area contributed by atoms with E-state index in [1.165, 1.54) is 26.0 Å². The van der Waals surface area contributed by atoms with Crippen LogP contribution in [0.1, 0.15) is 24.2 Å². The number of hydrogen-bond donors (Lipinski definition) is 5. The van der Waals surface area contributed by atoms with Crippen molar-refractivity contribution in [3.05, 3.63) is 23.8 Å². The Labute approximate surface area is 104 Å². The number of oxime groups is 1. The Morgan fingerprint density at radius 2 is 2.00 bits per heavy atom. The van der Waals surface area contributed by atoms with E-state index < -0.39 is 11.4 Å². The number of phenolic OH excluding ortho intramolecular Hbond substituents is 2. The van der Waals surface area contributed by atoms with Gasteiger partial charge in [-0.25, -0.2) is 0 Å². The summed E-state index contributed by atoms with van der Waals surface area (Å²) in [5, 5.41) is 32.6. The van der Waals surface area contributed by atoms with Crippen LogP contribution in [0.5, 0.6) is 11.5 Å². The number of nitrogens with one attached hydrogen (secondary N) is 1. The second-order valence-corrected chi connectivity index (χ2v) is 4.27. The molecule has 0 heterocycles. The molecule has 98 valence electrons. The summed E-state index contributed by atoms with van der Waals surface area (Å²) in [6, 6.07) is 3.56. The number of amides is 1. The minimum absolute atomic E-state index is 0.103. The van der Waals surface area contributed by atoms with Gasteiger partial charge in [-0.15, -0.1) is 0 Å². The van der Waals surface area contributed by atoms with Gasteiger partial charge in [0.25, 0.3) is 5.91 Å². The Morgan fingerprint density at radius 1 is 1.39 bits per heavy atom. The third-order valence-corrected chi connectivity index (χ3v) is 2.40. The maximum absolute atomic E-state index is 11.9. The molecule has 0 aliphatic heterocycles. The molecule has 0 saturated carbocycles. The van der Waals surface area contributed by atoms with Crippen molar-refractivity contribution >= 4 is 11.7 Å². The van der Waals surface area contributed by atoms with E-state index in [4.69, 9.17) is 10.9 Å². The number of rotatable bonds is 3. The zero-order valence-electron chi connectivity index (χ0n) is 10.0. The number of amidine groups is 1. The van der Waals surface area contributed by atoms with Crippen LogP contribution in [0.15, 0.2) is 23.4 Å². The van der Waals surface area contributed by atoms with Gasteiger partial charge in [0.05, 0.1) is 11.1 Å². The molecule has 6 N–H and O–H groups in total. The van der Waals surface area contributed by atoms with Gasteiger partial charge in [-0.3, -0.25) is 4.79 Å². The lowest BCUT2D eigenvalue weighted by atomic mass is 10.0. The third-order valence-electron chi connectivity index (χ3n) is 2.40. The SMILES string of the molecule is CC(C)(NC(=O)c1cc(O)ccc1O)/C(N)=N/O. The molecule has 1 rings (SSSR count). The van der Waals surface area contributed by atoms with Gasteiger partial charge in [0.15, 0.2) is 5.84 Å². The molecule has 1 aromatic rings. The lowest BCUT2D eigenvalue weighted by molar-refractivity contribution is 0.0927. The summed E-state index contributed by atoms with van der Waals surface area (Å²) >= 11 is 0. The van der Waals surface area contributed by atoms with Crippen molar-refractivity contribution in [1.82, 2.24) is 5.32 Å². The number of carbonyl (C=O) groups is 1. The highest BCUT2D eigenvalue weighted by Gasteiger charge is 2.27. The smallest absolute Gasteiger partial charge is 0.255 e. The second-order valence-electron chi connectivity index (χ2n) is 4.27. The van der Waals surface area contributed by atoms with E-state index in [0.717, 1.165) is 6.07 Å². The average molecular weight is 253 g/mol. The molecule has 0 aliphatic rings. The fourth-order valence-corrected chi connectivity index (χ4v) is 1.25. The van der Waals surface area contributed by atoms with Crippen LogP contribution in [0.3, 0.4) is 0 Å². The highest BCUT2D eigenvalue weighted by atomic mass is 16.4. The zero-order chi connectivity index (χ0) is 13.9. The normalized spacial score (nSPS) is 12.2. The number of benzene rings is 1. The van der Waals surface area contributed by atoms with Crippen LogP contribution >= 0.6 is 0 Å². The van der Waals surface area contributed by atoms with E-state index >= 15 is 0 Å². The first kappa shape index (κ1) is 13.6. The van der Waals surface area contributed by atoms with Crippen molar-refractivity contribution in [2.75, 3.05) is 0 Å². The van der Waals surface area contributed by atoms with Gasteiger partial charge in [0.1, 0.15) is 11.5 Å². The molecule has 0 aromatic heterocycles. The van der Waals surface area contributed by atoms with Crippen molar-refractivity contribution in [2.45, 2.75) is 19.4 Å². The number of phenols is 2. The van der Waals surface area contributed by atoms with Gasteiger partial charge in [-0.1, -0.05) is 5.16 Å². The maximum atomic E-state index is 11.9. The van der Waals surface area contributed by atoms with Crippen molar-refractivity contribution in [2.24, 2.45) is 10.9 Å². The molecule has 7 nitrogen and oxygen atoms in total. The molecule has 0 fully saturated rings. The summed E-state index contributed by atoms with van der Waals surface area (Å²) < 4.78 is 0. The maximum Gasteiger partial charge on any atom is 0.255 e. The quantitative estimate of drug-likeness (QED) is 0.174. The van der Waals surface area contributed by atoms with Crippen LogP contribution in [0.2, 0.25) is 0 Å². The van der Waals surface area contributed by atoms with Crippen molar-refractivity contribution in [1.29, 1.82) is 0 Å². The van der Waals surface area contributed by atoms with Gasteiger partial charge in [-0.2, -0.15) is 0 Å². The second kappa shape index (κ2) is 4.82. The summed E-state index contributed by atoms with van der Waals surface area (Å²) in [4.78, 5) is 11.9. The molecule has 0 spiro atoms. The average Bonchev–Trinajstić information content (AvgIpc) is 2.30. The molecule has 0 radical (unpaired) electrons. The van der Waals surface area contributed by atoms with Crippen molar-refractivity contribution < 1.29 is 20.2 Å². The molecule has 1 amide bonds. The first-order valence-corrected chi connectivity index (χ1v) is 5.10. The monoisotopic (exact) mass is 253 g/mol. The van der Waals surface area contributed by atoms with E-state index in [0.29, 0.717) is 0 Å². The minimum Gasteiger partial charge on any atom is -0.508 e. The van der Waals surface area contributed by atoms with E-state index in [9.17, 15) is 15.0 Å². The molecule has 0 saturated heterocycles. The molecule has 0 atom stereocenters. The Balaban J connectivity index is 2.99. The number of hydrogen-bond acceptors (Lipinski definition) is 5. The highest BCUT2D eigenvalue weighted by molar-refractivity contribution is 6.01. The predicted octanol–water partition coefficient (Wildman–Crippen LogP) is 0.353. The van der Waals surface area contributed by atoms with Gasteiger partial charge < -0.3 is 26.5 Å². The number of aromatic hydroxyl groups is 2. The van der Waals surface area contributed by atoms with Crippen LogP contribution in [-0.4, -0.2) is 32.7 Å². The largest absolute Gasteiger partial charge is 0.508 e. The standard InChI is InChI=1S/C11H15N3O4/c1-11(2,10(12)14-18)13-9(17)7-5-6(15)3-4-8(7)16/h3-5,15-16,18H,1-2H3,(H2,12,14)(H,13,17). The predicted molar refractivity (Wildman–Crippen MR) is 64.7 cm³/mol. The molecule has 0 aliphatic carbocycles. The summed E-state index contributed by atoms with van der Waals surface area (Å²) in [7, 11) is 0. The summed E-state index contributed by atoms with van der Waals surface area (Å²) in [5.41, 5.74) is 4.22. The van der Waals surface area contributed by atoms with E-state index in [1.54, 1.807) is 0 Å². The zero-order valence-corrected chi connectivity index (χ0v) is 10.0. The molecular weight excluding hydrogens is 238 g/mol. The number of nitrogens with two attached hydrogens (primary N) is 1. The van der Waals surface area contributed by atoms with Crippen LogP contribution in [0, 0.1) is 0 Å². The van der Waals surface area contributed by atoms with Crippen molar-refractivity contribution in [3.8, 4) is 11.5 Å². The molecule has 1 aromatic carbocycles. The number of nitrogens with zero attached hydrogens (tertiary/aromatic N) is 1. The van der Waals surface area contributed by atoms with Gasteiger partial charge >= 0.3 is 0 Å². The van der Waals surface area contributed by atoms with E-state index in [1.807, 2.05) is 0 Å². The fourth-order valence-electron chi connectivity index (χ4n) is 1.25. The molecule has 0 unspecified atom stereocenters. The van der Waals surface area contributed by atoms with Crippen LogP contribution in [-0.2, 0) is 0 Å². The third kappa shape index (κ3) is 2.82. The van der Waals surface area contributed by atoms with Crippen molar-refractivity contribution in [3.63, 3.8) is 0 Å². The first-order chi connectivity index (χ1) is 8.27. The topological polar surface area (TPSA) is 128 Å². The van der Waals surface area contributed by atoms with Gasteiger partial charge in [-0.05, 0) is 32.0 Å². The Bertz CT molecular complexity index is 497.